The first kappa shape index (κ1) is 20.8. The third-order valence-electron chi connectivity index (χ3n) is 5.50. The Morgan fingerprint density at radius 3 is 2.67 bits per heavy atom. The van der Waals surface area contributed by atoms with E-state index in [9.17, 15) is 27.2 Å². The summed E-state index contributed by atoms with van der Waals surface area (Å²) in [6.07, 6.45) is -5.27. The fraction of sp³-hybridized carbons (Fsp3) is 0.556. The first-order valence-electron chi connectivity index (χ1n) is 9.41. The Labute approximate surface area is 173 Å². The van der Waals surface area contributed by atoms with Gasteiger partial charge < -0.3 is 4.90 Å². The van der Waals surface area contributed by atoms with Crippen LogP contribution in [0.2, 0.25) is 5.15 Å². The molecule has 30 heavy (non-hydrogen) atoms. The van der Waals surface area contributed by atoms with Gasteiger partial charge in [0.15, 0.2) is 0 Å². The Morgan fingerprint density at radius 1 is 1.30 bits per heavy atom. The van der Waals surface area contributed by atoms with E-state index in [1.165, 1.54) is 17.2 Å². The lowest BCUT2D eigenvalue weighted by Gasteiger charge is -2.32. The Hall–Kier alpha value is -2.43. The van der Waals surface area contributed by atoms with Crippen LogP contribution >= 0.6 is 11.6 Å². The highest BCUT2D eigenvalue weighted by Crippen LogP contribution is 2.39. The van der Waals surface area contributed by atoms with E-state index >= 15 is 0 Å². The van der Waals surface area contributed by atoms with Crippen molar-refractivity contribution in [2.45, 2.75) is 44.2 Å². The van der Waals surface area contributed by atoms with Crippen LogP contribution < -0.4 is 5.69 Å². The smallest absolute Gasteiger partial charge is 0.338 e. The third-order valence-corrected chi connectivity index (χ3v) is 5.72. The van der Waals surface area contributed by atoms with Crippen LogP contribution in [-0.2, 0) is 17.8 Å². The summed E-state index contributed by atoms with van der Waals surface area (Å²) in [6, 6.07) is 1.77. The highest BCUT2D eigenvalue weighted by Gasteiger charge is 2.48. The van der Waals surface area contributed by atoms with Gasteiger partial charge in [-0.25, -0.2) is 18.9 Å². The molecule has 0 aliphatic carbocycles. The fourth-order valence-corrected chi connectivity index (χ4v) is 4.07. The maximum absolute atomic E-state index is 13.5. The second-order valence-corrected chi connectivity index (χ2v) is 7.97. The molecule has 3 atom stereocenters. The second kappa shape index (κ2) is 7.68. The molecule has 7 nitrogen and oxygen atoms in total. The van der Waals surface area contributed by atoms with Gasteiger partial charge in [0.05, 0.1) is 19.0 Å². The van der Waals surface area contributed by atoms with E-state index < -0.39 is 48.7 Å². The van der Waals surface area contributed by atoms with Gasteiger partial charge in [-0.3, -0.25) is 9.36 Å². The molecule has 12 heteroatoms. The average Bonchev–Trinajstić information content (AvgIpc) is 3.25. The molecule has 2 aromatic rings. The van der Waals surface area contributed by atoms with Crippen LogP contribution in [0.1, 0.15) is 30.3 Å². The monoisotopic (exact) mass is 447 g/mol. The number of pyridine rings is 1. The van der Waals surface area contributed by atoms with E-state index in [0.29, 0.717) is 5.56 Å². The van der Waals surface area contributed by atoms with E-state index in [2.05, 4.69) is 10.1 Å². The van der Waals surface area contributed by atoms with E-state index in [4.69, 9.17) is 11.6 Å². The van der Waals surface area contributed by atoms with Gasteiger partial charge in [-0.05, 0) is 24.5 Å². The van der Waals surface area contributed by atoms with Crippen molar-refractivity contribution in [3.05, 3.63) is 45.4 Å². The Morgan fingerprint density at radius 2 is 2.07 bits per heavy atom. The summed E-state index contributed by atoms with van der Waals surface area (Å²) in [5, 5.41) is 4.32. The van der Waals surface area contributed by atoms with Crippen LogP contribution in [0.15, 0.2) is 23.1 Å². The van der Waals surface area contributed by atoms with Crippen molar-refractivity contribution in [2.75, 3.05) is 13.1 Å². The number of amides is 1. The Kier molecular flexibility index (Phi) is 5.33. The minimum absolute atomic E-state index is 0.0309. The van der Waals surface area contributed by atoms with E-state index in [1.54, 1.807) is 6.07 Å². The molecule has 0 spiro atoms. The summed E-state index contributed by atoms with van der Waals surface area (Å²) in [7, 11) is 0. The maximum atomic E-state index is 13.5. The van der Waals surface area contributed by atoms with Crippen LogP contribution in [0.5, 0.6) is 0 Å². The zero-order valence-corrected chi connectivity index (χ0v) is 16.4. The molecule has 0 N–H and O–H groups in total. The number of aromatic nitrogens is 4. The highest BCUT2D eigenvalue weighted by atomic mass is 35.5. The number of fused-ring (bicyclic) bond motifs is 1. The van der Waals surface area contributed by atoms with Crippen molar-refractivity contribution < 1.29 is 22.4 Å². The summed E-state index contributed by atoms with van der Waals surface area (Å²) in [4.78, 5) is 30.9. The van der Waals surface area contributed by atoms with Crippen LogP contribution in [0.25, 0.3) is 0 Å². The molecule has 1 fully saturated rings. The van der Waals surface area contributed by atoms with E-state index in [1.807, 2.05) is 0 Å². The molecule has 0 aromatic carbocycles. The van der Waals surface area contributed by atoms with E-state index in [0.717, 1.165) is 9.25 Å². The number of hydrogen-bond acceptors (Lipinski definition) is 4. The molecule has 0 unspecified atom stereocenters. The fourth-order valence-electron chi connectivity index (χ4n) is 3.96. The normalized spacial score (nSPS) is 24.2. The Balaban J connectivity index is 1.70. The van der Waals surface area contributed by atoms with Gasteiger partial charge in [0, 0.05) is 19.2 Å². The van der Waals surface area contributed by atoms with Crippen LogP contribution in [0.4, 0.5) is 17.6 Å². The molecule has 0 radical (unpaired) electrons. The molecular weight excluding hydrogens is 430 g/mol. The van der Waals surface area contributed by atoms with Gasteiger partial charge in [0.1, 0.15) is 23.2 Å². The zero-order chi connectivity index (χ0) is 21.6. The predicted octanol–water partition coefficient (Wildman–Crippen LogP) is 2.38. The molecular formula is C18H18ClF4N5O2. The molecule has 0 saturated carbocycles. The first-order chi connectivity index (χ1) is 14.1. The van der Waals surface area contributed by atoms with Gasteiger partial charge in [0.25, 0.3) is 0 Å². The first-order valence-corrected chi connectivity index (χ1v) is 9.79. The van der Waals surface area contributed by atoms with Gasteiger partial charge in [0.2, 0.25) is 5.91 Å². The van der Waals surface area contributed by atoms with Crippen LogP contribution in [0, 0.1) is 5.92 Å². The Bertz CT molecular complexity index is 1000. The minimum Gasteiger partial charge on any atom is -0.338 e. The van der Waals surface area contributed by atoms with Gasteiger partial charge >= 0.3 is 11.9 Å². The van der Waals surface area contributed by atoms with Crippen molar-refractivity contribution in [3.8, 4) is 0 Å². The number of carbonyl (C=O) groups is 1. The van der Waals surface area contributed by atoms with Crippen molar-refractivity contribution in [2.24, 2.45) is 5.92 Å². The maximum Gasteiger partial charge on any atom is 0.392 e. The average molecular weight is 448 g/mol. The van der Waals surface area contributed by atoms with E-state index in [-0.39, 0.29) is 37.0 Å². The standard InChI is InChI=1S/C18H18ClF4N5O2/c19-14-2-1-10(7-24-14)8-27-17(30)28-13(16(29)26-4-3-12(20)9-26)5-11(18(21,22)23)6-15(28)25-27/h1-2,7,11-13H,3-6,8-9H2/t11-,12+,13-/m1/s1. The molecule has 0 bridgehead atoms. The number of halogens is 5. The topological polar surface area (TPSA) is 73.0 Å². The minimum atomic E-state index is -4.54. The lowest BCUT2D eigenvalue weighted by atomic mass is 9.91. The molecule has 2 aromatic heterocycles. The summed E-state index contributed by atoms with van der Waals surface area (Å²) >= 11 is 5.74. The molecule has 4 rings (SSSR count). The third kappa shape index (κ3) is 3.94. The summed E-state index contributed by atoms with van der Waals surface area (Å²) in [6.45, 7) is -0.0978. The number of alkyl halides is 4. The quantitative estimate of drug-likeness (QED) is 0.535. The van der Waals surface area contributed by atoms with Gasteiger partial charge in [-0.1, -0.05) is 17.7 Å². The van der Waals surface area contributed by atoms with Crippen molar-refractivity contribution >= 4 is 17.5 Å². The molecule has 2 aliphatic heterocycles. The second-order valence-electron chi connectivity index (χ2n) is 7.58. The number of rotatable bonds is 3. The van der Waals surface area contributed by atoms with Gasteiger partial charge in [-0.2, -0.15) is 18.3 Å². The predicted molar refractivity (Wildman–Crippen MR) is 97.8 cm³/mol. The summed E-state index contributed by atoms with van der Waals surface area (Å²) in [5.74, 6) is -2.60. The molecule has 4 heterocycles. The summed E-state index contributed by atoms with van der Waals surface area (Å²) in [5.41, 5.74) is -0.109. The van der Waals surface area contributed by atoms with Crippen molar-refractivity contribution in [3.63, 3.8) is 0 Å². The summed E-state index contributed by atoms with van der Waals surface area (Å²) < 4.78 is 56.0. The molecule has 2 aliphatic rings. The number of nitrogens with zero attached hydrogens (tertiary/aromatic N) is 5. The lowest BCUT2D eigenvalue weighted by molar-refractivity contribution is -0.183. The lowest BCUT2D eigenvalue weighted by Crippen LogP contribution is -2.45. The van der Waals surface area contributed by atoms with Crippen molar-refractivity contribution in [1.82, 2.24) is 24.2 Å². The molecule has 162 valence electrons. The number of likely N-dealkylation sites (tertiary alicyclic amines) is 1. The highest BCUT2D eigenvalue weighted by molar-refractivity contribution is 6.29. The number of hydrogen-bond donors (Lipinski definition) is 0. The van der Waals surface area contributed by atoms with Crippen molar-refractivity contribution in [1.29, 1.82) is 0 Å². The van der Waals surface area contributed by atoms with Crippen LogP contribution in [0.3, 0.4) is 0 Å². The van der Waals surface area contributed by atoms with Gasteiger partial charge in [-0.15, -0.1) is 0 Å². The zero-order valence-electron chi connectivity index (χ0n) is 15.6. The number of carbonyl (C=O) groups excluding carboxylic acids is 1. The molecule has 1 amide bonds. The largest absolute Gasteiger partial charge is 0.392 e. The molecule has 1 saturated heterocycles. The SMILES string of the molecule is O=C([C@H]1C[C@@H](C(F)(F)F)Cc2nn(Cc3ccc(Cl)nc3)c(=O)n21)N1CC[C@H](F)C1. The van der Waals surface area contributed by atoms with Crippen LogP contribution in [-0.4, -0.2) is 55.6 Å².